The van der Waals surface area contributed by atoms with Gasteiger partial charge in [0.05, 0.1) is 11.1 Å². The molecule has 128 valence electrons. The minimum absolute atomic E-state index is 0.0379. The van der Waals surface area contributed by atoms with Gasteiger partial charge in [-0.05, 0) is 64.8 Å². The van der Waals surface area contributed by atoms with Gasteiger partial charge >= 0.3 is 0 Å². The summed E-state index contributed by atoms with van der Waals surface area (Å²) in [6.07, 6.45) is 5.68. The number of hydrogen-bond donors (Lipinski definition) is 1. The summed E-state index contributed by atoms with van der Waals surface area (Å²) < 4.78 is 1.26. The average molecular weight is 444 g/mol. The van der Waals surface area contributed by atoms with E-state index >= 15 is 0 Å². The molecule has 0 saturated heterocycles. The lowest BCUT2D eigenvalue weighted by atomic mass is 9.60. The van der Waals surface area contributed by atoms with E-state index in [0.29, 0.717) is 0 Å². The summed E-state index contributed by atoms with van der Waals surface area (Å²) in [7, 11) is 3.59. The van der Waals surface area contributed by atoms with E-state index in [0.717, 1.165) is 23.9 Å². The van der Waals surface area contributed by atoms with Crippen molar-refractivity contribution in [1.82, 2.24) is 9.88 Å². The molecular formula is C21H21IN2O. The number of hydrogen-bond acceptors (Lipinski definition) is 1. The number of aromatic amines is 1. The quantitative estimate of drug-likeness (QED) is 0.571. The van der Waals surface area contributed by atoms with E-state index < -0.39 is 0 Å². The molecule has 4 rings (SSSR count). The molecule has 1 heterocycles. The third-order valence-electron chi connectivity index (χ3n) is 5.47. The molecule has 2 aromatic carbocycles. The average Bonchev–Trinajstić information content (AvgIpc) is 2.99. The second-order valence-electron chi connectivity index (χ2n) is 7.07. The van der Waals surface area contributed by atoms with Crippen LogP contribution in [0.2, 0.25) is 0 Å². The molecular weight excluding hydrogens is 423 g/mol. The van der Waals surface area contributed by atoms with Crippen LogP contribution in [0.15, 0.2) is 48.7 Å². The number of fused-ring (bicyclic) bond motifs is 1. The number of aromatic nitrogens is 1. The van der Waals surface area contributed by atoms with E-state index in [-0.39, 0.29) is 11.3 Å². The van der Waals surface area contributed by atoms with Crippen molar-refractivity contribution in [2.75, 3.05) is 14.1 Å². The van der Waals surface area contributed by atoms with Crippen molar-refractivity contribution >= 4 is 39.4 Å². The van der Waals surface area contributed by atoms with Crippen LogP contribution < -0.4 is 0 Å². The van der Waals surface area contributed by atoms with Crippen molar-refractivity contribution < 1.29 is 4.79 Å². The van der Waals surface area contributed by atoms with Crippen LogP contribution in [0.3, 0.4) is 0 Å². The molecule has 3 aromatic rings. The normalized spacial score (nSPS) is 15.8. The molecule has 4 heteroatoms. The summed E-state index contributed by atoms with van der Waals surface area (Å²) in [6.45, 7) is 0. The van der Waals surface area contributed by atoms with Gasteiger partial charge in [-0.15, -0.1) is 0 Å². The highest BCUT2D eigenvalue weighted by molar-refractivity contribution is 14.1. The van der Waals surface area contributed by atoms with Gasteiger partial charge in [0.2, 0.25) is 0 Å². The number of amides is 1. The van der Waals surface area contributed by atoms with Gasteiger partial charge in [-0.1, -0.05) is 30.7 Å². The highest BCUT2D eigenvalue weighted by Gasteiger charge is 2.42. The first-order valence-corrected chi connectivity index (χ1v) is 9.69. The number of benzene rings is 2. The molecule has 1 aliphatic carbocycles. The number of carbonyl (C=O) groups excluding carboxylic acids is 1. The van der Waals surface area contributed by atoms with Gasteiger partial charge in [0.15, 0.2) is 0 Å². The fourth-order valence-electron chi connectivity index (χ4n) is 3.98. The topological polar surface area (TPSA) is 36.1 Å². The molecule has 1 fully saturated rings. The predicted octanol–water partition coefficient (Wildman–Crippen LogP) is 4.94. The van der Waals surface area contributed by atoms with Crippen LogP contribution >= 0.6 is 22.6 Å². The molecule has 1 saturated carbocycles. The fourth-order valence-corrected chi connectivity index (χ4v) is 4.34. The monoisotopic (exact) mass is 444 g/mol. The smallest absolute Gasteiger partial charge is 0.255 e. The first-order chi connectivity index (χ1) is 12.0. The van der Waals surface area contributed by atoms with E-state index in [1.165, 1.54) is 26.5 Å². The third-order valence-corrected chi connectivity index (χ3v) is 6.19. The minimum atomic E-state index is 0.0379. The summed E-state index contributed by atoms with van der Waals surface area (Å²) >= 11 is 2.35. The van der Waals surface area contributed by atoms with Crippen molar-refractivity contribution in [3.05, 3.63) is 68.9 Å². The van der Waals surface area contributed by atoms with Crippen LogP contribution in [0.5, 0.6) is 0 Å². The summed E-state index contributed by atoms with van der Waals surface area (Å²) in [5, 5.41) is 1.17. The Morgan fingerprint density at radius 3 is 2.44 bits per heavy atom. The van der Waals surface area contributed by atoms with Gasteiger partial charge in [-0.2, -0.15) is 0 Å². The van der Waals surface area contributed by atoms with Gasteiger partial charge in [-0.25, -0.2) is 0 Å². The molecule has 1 aliphatic rings. The third kappa shape index (κ3) is 2.58. The zero-order chi connectivity index (χ0) is 17.6. The van der Waals surface area contributed by atoms with Crippen molar-refractivity contribution in [3.63, 3.8) is 0 Å². The second kappa shape index (κ2) is 6.16. The lowest BCUT2D eigenvalue weighted by molar-refractivity contribution is 0.0829. The number of para-hydroxylation sites is 1. The first kappa shape index (κ1) is 16.6. The summed E-state index contributed by atoms with van der Waals surface area (Å²) in [6, 6.07) is 14.9. The molecule has 0 atom stereocenters. The van der Waals surface area contributed by atoms with Gasteiger partial charge in [0, 0.05) is 34.7 Å². The molecule has 1 amide bonds. The number of rotatable bonds is 3. The number of nitrogens with zero attached hydrogens (tertiary/aromatic N) is 1. The van der Waals surface area contributed by atoms with Gasteiger partial charge < -0.3 is 9.88 Å². The van der Waals surface area contributed by atoms with Crippen LogP contribution in [-0.4, -0.2) is 29.9 Å². The Morgan fingerprint density at radius 1 is 1.12 bits per heavy atom. The summed E-state index contributed by atoms with van der Waals surface area (Å²) in [5.74, 6) is 0.0379. The maximum atomic E-state index is 12.5. The van der Waals surface area contributed by atoms with Crippen molar-refractivity contribution in [2.45, 2.75) is 24.7 Å². The Kier molecular flexibility index (Phi) is 4.10. The van der Waals surface area contributed by atoms with Crippen LogP contribution in [0.25, 0.3) is 10.9 Å². The van der Waals surface area contributed by atoms with Gasteiger partial charge in [0.1, 0.15) is 0 Å². The molecule has 0 bridgehead atoms. The van der Waals surface area contributed by atoms with Crippen LogP contribution in [-0.2, 0) is 5.41 Å². The first-order valence-electron chi connectivity index (χ1n) is 8.61. The Labute approximate surface area is 161 Å². The highest BCUT2D eigenvalue weighted by Crippen LogP contribution is 2.51. The number of halogens is 1. The zero-order valence-electron chi connectivity index (χ0n) is 14.5. The van der Waals surface area contributed by atoms with E-state index in [2.05, 4.69) is 64.1 Å². The minimum Gasteiger partial charge on any atom is -0.360 e. The van der Waals surface area contributed by atoms with Crippen LogP contribution in [0.4, 0.5) is 0 Å². The van der Waals surface area contributed by atoms with E-state index in [4.69, 9.17) is 0 Å². The SMILES string of the molecule is CN(C)C(=O)c1cccc2c(C3(c4ccc(I)cc4)CCC3)c[nH]c12. The molecule has 0 radical (unpaired) electrons. The van der Waals surface area contributed by atoms with Crippen molar-refractivity contribution in [1.29, 1.82) is 0 Å². The molecule has 0 aliphatic heterocycles. The number of H-pyrrole nitrogens is 1. The fraction of sp³-hybridized carbons (Fsp3) is 0.286. The molecule has 1 aromatic heterocycles. The zero-order valence-corrected chi connectivity index (χ0v) is 16.6. The van der Waals surface area contributed by atoms with Crippen LogP contribution in [0.1, 0.15) is 40.7 Å². The predicted molar refractivity (Wildman–Crippen MR) is 110 cm³/mol. The maximum Gasteiger partial charge on any atom is 0.255 e. The lowest BCUT2D eigenvalue weighted by Crippen LogP contribution is -2.35. The highest BCUT2D eigenvalue weighted by atomic mass is 127. The number of nitrogens with one attached hydrogen (secondary N) is 1. The molecule has 0 unspecified atom stereocenters. The molecule has 1 N–H and O–H groups in total. The Morgan fingerprint density at radius 2 is 1.84 bits per heavy atom. The lowest BCUT2D eigenvalue weighted by Gasteiger charge is -2.42. The Bertz CT molecular complexity index is 936. The largest absolute Gasteiger partial charge is 0.360 e. The van der Waals surface area contributed by atoms with Gasteiger partial charge in [0.25, 0.3) is 5.91 Å². The van der Waals surface area contributed by atoms with E-state index in [1.54, 1.807) is 19.0 Å². The molecule has 0 spiro atoms. The second-order valence-corrected chi connectivity index (χ2v) is 8.32. The summed E-state index contributed by atoms with van der Waals surface area (Å²) in [4.78, 5) is 17.5. The number of carbonyl (C=O) groups is 1. The van der Waals surface area contributed by atoms with Crippen LogP contribution in [0, 0.1) is 3.57 Å². The van der Waals surface area contributed by atoms with Crippen molar-refractivity contribution in [2.24, 2.45) is 0 Å². The van der Waals surface area contributed by atoms with E-state index in [1.807, 2.05) is 12.1 Å². The molecule has 3 nitrogen and oxygen atoms in total. The van der Waals surface area contributed by atoms with Gasteiger partial charge in [-0.3, -0.25) is 4.79 Å². The van der Waals surface area contributed by atoms with Crippen molar-refractivity contribution in [3.8, 4) is 0 Å². The summed E-state index contributed by atoms with van der Waals surface area (Å²) in [5.41, 5.74) is 4.47. The Balaban J connectivity index is 1.88. The maximum absolute atomic E-state index is 12.5. The molecule has 25 heavy (non-hydrogen) atoms. The Hall–Kier alpha value is -1.82. The standard InChI is InChI=1S/C21H21IN2O/c1-24(2)20(25)17-6-3-5-16-18(13-23-19(16)17)21(11-4-12-21)14-7-9-15(22)10-8-14/h3,5-10,13,23H,4,11-12H2,1-2H3. The van der Waals surface area contributed by atoms with E-state index in [9.17, 15) is 4.79 Å².